The van der Waals surface area contributed by atoms with E-state index < -0.39 is 0 Å². The summed E-state index contributed by atoms with van der Waals surface area (Å²) in [6, 6.07) is 5.96. The van der Waals surface area contributed by atoms with Crippen molar-refractivity contribution in [3.8, 4) is 0 Å². The molecule has 25 heavy (non-hydrogen) atoms. The Hall–Kier alpha value is -1.38. The molecular weight excluding hydrogens is 427 g/mol. The lowest BCUT2D eigenvalue weighted by atomic mass is 10.2. The molecule has 0 radical (unpaired) electrons. The van der Waals surface area contributed by atoms with Gasteiger partial charge in [0.2, 0.25) is 0 Å². The summed E-state index contributed by atoms with van der Waals surface area (Å²) in [6.45, 7) is 6.98. The predicted molar refractivity (Wildman–Crippen MR) is 115 cm³/mol. The van der Waals surface area contributed by atoms with Gasteiger partial charge in [-0.3, -0.25) is 9.39 Å². The van der Waals surface area contributed by atoms with Crippen LogP contribution in [0.5, 0.6) is 0 Å². The minimum atomic E-state index is 0. The van der Waals surface area contributed by atoms with Crippen molar-refractivity contribution < 1.29 is 0 Å². The minimum absolute atomic E-state index is 0. The maximum absolute atomic E-state index is 4.65. The number of nitrogens with one attached hydrogen (secondary N) is 2. The molecule has 0 aliphatic carbocycles. The second kappa shape index (κ2) is 12.9. The quantitative estimate of drug-likeness (QED) is 0.248. The van der Waals surface area contributed by atoms with E-state index in [1.807, 2.05) is 28.8 Å². The number of guanidine groups is 1. The molecule has 0 atom stereocenters. The Morgan fingerprint density at radius 3 is 2.76 bits per heavy atom. The van der Waals surface area contributed by atoms with Gasteiger partial charge in [0.05, 0.1) is 0 Å². The number of hydrogen-bond acceptors (Lipinski definition) is 3. The second-order valence-corrected chi connectivity index (χ2v) is 5.90. The molecule has 2 rings (SSSR count). The molecule has 0 aromatic carbocycles. The fourth-order valence-corrected chi connectivity index (χ4v) is 2.59. The van der Waals surface area contributed by atoms with Crippen molar-refractivity contribution in [1.82, 2.24) is 25.2 Å². The van der Waals surface area contributed by atoms with Gasteiger partial charge in [-0.05, 0) is 31.9 Å². The van der Waals surface area contributed by atoms with Gasteiger partial charge in [-0.1, -0.05) is 32.3 Å². The Morgan fingerprint density at radius 2 is 1.96 bits per heavy atom. The first-order valence-electron chi connectivity index (χ1n) is 9.16. The topological polar surface area (TPSA) is 66.6 Å². The monoisotopic (exact) mass is 458 g/mol. The molecule has 0 aliphatic rings. The summed E-state index contributed by atoms with van der Waals surface area (Å²) in [5.74, 6) is 1.92. The summed E-state index contributed by atoms with van der Waals surface area (Å²) in [5, 5.41) is 15.2. The summed E-state index contributed by atoms with van der Waals surface area (Å²) < 4.78 is 2.04. The first kappa shape index (κ1) is 21.7. The van der Waals surface area contributed by atoms with Gasteiger partial charge in [0.15, 0.2) is 11.6 Å². The van der Waals surface area contributed by atoms with Gasteiger partial charge in [0, 0.05) is 32.3 Å². The molecule has 0 unspecified atom stereocenters. The average molecular weight is 458 g/mol. The van der Waals surface area contributed by atoms with Crippen LogP contribution in [0.15, 0.2) is 29.4 Å². The maximum atomic E-state index is 4.65. The summed E-state index contributed by atoms with van der Waals surface area (Å²) in [4.78, 5) is 4.65. The van der Waals surface area contributed by atoms with Crippen LogP contribution >= 0.6 is 24.0 Å². The molecule has 140 valence electrons. The summed E-state index contributed by atoms with van der Waals surface area (Å²) in [5.41, 5.74) is 0.901. The third-order valence-corrected chi connectivity index (χ3v) is 3.88. The number of fused-ring (bicyclic) bond motifs is 1. The predicted octanol–water partition coefficient (Wildman–Crippen LogP) is 3.42. The number of unbranched alkanes of at least 4 members (excludes halogenated alkanes) is 3. The van der Waals surface area contributed by atoms with Crippen LogP contribution in [0.2, 0.25) is 0 Å². The average Bonchev–Trinajstić information content (AvgIpc) is 3.01. The molecule has 2 aromatic heterocycles. The van der Waals surface area contributed by atoms with Crippen molar-refractivity contribution in [2.24, 2.45) is 4.99 Å². The lowest BCUT2D eigenvalue weighted by molar-refractivity contribution is 0.646. The van der Waals surface area contributed by atoms with Crippen molar-refractivity contribution in [2.75, 3.05) is 19.6 Å². The molecular formula is C18H31IN6. The smallest absolute Gasteiger partial charge is 0.191 e. The number of halogens is 1. The largest absolute Gasteiger partial charge is 0.357 e. The SMILES string of the molecule is CCCCCCNC(=NCCCc1nnc2ccccn12)NCC.I. The number of hydrogen-bond donors (Lipinski definition) is 2. The van der Waals surface area contributed by atoms with E-state index in [4.69, 9.17) is 0 Å². The van der Waals surface area contributed by atoms with Gasteiger partial charge in [-0.2, -0.15) is 0 Å². The first-order chi connectivity index (χ1) is 11.8. The molecule has 0 fully saturated rings. The lowest BCUT2D eigenvalue weighted by Crippen LogP contribution is -2.37. The van der Waals surface area contributed by atoms with Crippen LogP contribution in [-0.4, -0.2) is 40.2 Å². The zero-order valence-corrected chi connectivity index (χ0v) is 17.7. The second-order valence-electron chi connectivity index (χ2n) is 5.90. The van der Waals surface area contributed by atoms with Crippen LogP contribution in [0, 0.1) is 0 Å². The lowest BCUT2D eigenvalue weighted by Gasteiger charge is -2.11. The van der Waals surface area contributed by atoms with E-state index in [9.17, 15) is 0 Å². The Morgan fingerprint density at radius 1 is 1.08 bits per heavy atom. The van der Waals surface area contributed by atoms with E-state index in [-0.39, 0.29) is 24.0 Å². The van der Waals surface area contributed by atoms with E-state index in [1.54, 1.807) is 0 Å². The normalized spacial score (nSPS) is 11.4. The number of pyridine rings is 1. The maximum Gasteiger partial charge on any atom is 0.191 e. The number of aliphatic imine (C=N–C) groups is 1. The van der Waals surface area contributed by atoms with E-state index in [0.29, 0.717) is 0 Å². The van der Waals surface area contributed by atoms with E-state index >= 15 is 0 Å². The number of aryl methyl sites for hydroxylation is 1. The highest BCUT2D eigenvalue weighted by Gasteiger charge is 2.04. The highest BCUT2D eigenvalue weighted by atomic mass is 127. The molecule has 6 nitrogen and oxygen atoms in total. The summed E-state index contributed by atoms with van der Waals surface area (Å²) >= 11 is 0. The zero-order valence-electron chi connectivity index (χ0n) is 15.4. The van der Waals surface area contributed by atoms with Gasteiger partial charge >= 0.3 is 0 Å². The molecule has 2 aromatic rings. The number of nitrogens with zero attached hydrogens (tertiary/aromatic N) is 4. The molecule has 7 heteroatoms. The molecule has 0 amide bonds. The minimum Gasteiger partial charge on any atom is -0.357 e. The molecule has 2 heterocycles. The van der Waals surface area contributed by atoms with Crippen LogP contribution in [-0.2, 0) is 6.42 Å². The fraction of sp³-hybridized carbons (Fsp3) is 0.611. The first-order valence-corrected chi connectivity index (χ1v) is 9.16. The molecule has 0 saturated heterocycles. The Bertz CT molecular complexity index is 625. The summed E-state index contributed by atoms with van der Waals surface area (Å²) in [6.07, 6.45) is 8.91. The van der Waals surface area contributed by atoms with Crippen molar-refractivity contribution in [2.45, 2.75) is 52.4 Å². The van der Waals surface area contributed by atoms with E-state index in [0.717, 1.165) is 49.9 Å². The third-order valence-electron chi connectivity index (χ3n) is 3.88. The summed E-state index contributed by atoms with van der Waals surface area (Å²) in [7, 11) is 0. The standard InChI is InChI=1S/C18H30N6.HI/c1-3-5-6-8-13-20-18(19-4-2)21-14-10-12-17-23-22-16-11-7-9-15-24(16)17;/h7,9,11,15H,3-6,8,10,12-14H2,1-2H3,(H2,19,20,21);1H. The molecule has 2 N–H and O–H groups in total. The molecule has 0 bridgehead atoms. The van der Waals surface area contributed by atoms with Crippen molar-refractivity contribution >= 4 is 35.6 Å². The van der Waals surface area contributed by atoms with Crippen molar-refractivity contribution in [3.63, 3.8) is 0 Å². The van der Waals surface area contributed by atoms with Crippen molar-refractivity contribution in [3.05, 3.63) is 30.2 Å². The van der Waals surface area contributed by atoms with Gasteiger partial charge in [0.25, 0.3) is 0 Å². The highest BCUT2D eigenvalue weighted by molar-refractivity contribution is 14.0. The zero-order chi connectivity index (χ0) is 17.0. The molecule has 0 aliphatic heterocycles. The van der Waals surface area contributed by atoms with Crippen LogP contribution in [0.1, 0.15) is 51.8 Å². The van der Waals surface area contributed by atoms with Crippen LogP contribution in [0.25, 0.3) is 5.65 Å². The highest BCUT2D eigenvalue weighted by Crippen LogP contribution is 2.05. The van der Waals surface area contributed by atoms with E-state index in [2.05, 4.69) is 39.7 Å². The molecule has 0 spiro atoms. The third kappa shape index (κ3) is 7.58. The van der Waals surface area contributed by atoms with E-state index in [1.165, 1.54) is 25.7 Å². The van der Waals surface area contributed by atoms with Gasteiger partial charge in [-0.15, -0.1) is 34.2 Å². The Labute approximate surface area is 167 Å². The van der Waals surface area contributed by atoms with Crippen LogP contribution in [0.4, 0.5) is 0 Å². The number of rotatable bonds is 10. The van der Waals surface area contributed by atoms with Crippen LogP contribution < -0.4 is 10.6 Å². The van der Waals surface area contributed by atoms with Gasteiger partial charge in [-0.25, -0.2) is 0 Å². The van der Waals surface area contributed by atoms with Crippen molar-refractivity contribution in [1.29, 1.82) is 0 Å². The Balaban J connectivity index is 0.00000312. The fourth-order valence-electron chi connectivity index (χ4n) is 2.59. The molecule has 0 saturated carbocycles. The van der Waals surface area contributed by atoms with Crippen LogP contribution in [0.3, 0.4) is 0 Å². The van der Waals surface area contributed by atoms with Gasteiger partial charge < -0.3 is 10.6 Å². The van der Waals surface area contributed by atoms with Gasteiger partial charge in [0.1, 0.15) is 5.82 Å². The number of aromatic nitrogens is 3. The Kier molecular flexibility index (Phi) is 11.2.